The van der Waals surface area contributed by atoms with Crippen molar-refractivity contribution < 1.29 is 8.83 Å². The second kappa shape index (κ2) is 10.8. The number of allylic oxidation sites excluding steroid dienone is 1. The third-order valence-electron chi connectivity index (χ3n) is 9.05. The molecule has 0 spiro atoms. The molecule has 8 aromatic rings. The average molecular weight is 589 g/mol. The van der Waals surface area contributed by atoms with Crippen molar-refractivity contribution in [2.75, 3.05) is 0 Å². The minimum atomic E-state index is 0.877. The zero-order valence-electron chi connectivity index (χ0n) is 25.1. The maximum absolute atomic E-state index is 7.12. The maximum atomic E-state index is 7.12. The fourth-order valence-electron chi connectivity index (χ4n) is 6.93. The van der Waals surface area contributed by atoms with E-state index in [-0.39, 0.29) is 0 Å². The van der Waals surface area contributed by atoms with Gasteiger partial charge in [0.05, 0.1) is 0 Å². The lowest BCUT2D eigenvalue weighted by Gasteiger charge is -2.16. The van der Waals surface area contributed by atoms with E-state index in [4.69, 9.17) is 8.83 Å². The number of para-hydroxylation sites is 2. The Morgan fingerprint density at radius 2 is 1.33 bits per heavy atom. The fraction of sp³-hybridized carbons (Fsp3) is 0.0455. The molecule has 1 aliphatic rings. The highest BCUT2D eigenvalue weighted by Crippen LogP contribution is 2.49. The first-order valence-electron chi connectivity index (χ1n) is 15.7. The zero-order chi connectivity index (χ0) is 30.5. The molecule has 0 radical (unpaired) electrons. The number of hydrogen-bond donors (Lipinski definition) is 0. The Morgan fingerprint density at radius 1 is 0.565 bits per heavy atom. The van der Waals surface area contributed by atoms with Crippen LogP contribution in [0.25, 0.3) is 84.0 Å². The van der Waals surface area contributed by atoms with Gasteiger partial charge in [-0.15, -0.1) is 0 Å². The summed E-state index contributed by atoms with van der Waals surface area (Å²) in [4.78, 5) is 0. The molecule has 6 aromatic carbocycles. The Morgan fingerprint density at radius 3 is 2.24 bits per heavy atom. The van der Waals surface area contributed by atoms with Crippen LogP contribution in [-0.2, 0) is 6.42 Å². The first-order chi connectivity index (χ1) is 22.8. The van der Waals surface area contributed by atoms with Crippen LogP contribution in [0, 0.1) is 12.1 Å². The summed E-state index contributed by atoms with van der Waals surface area (Å²) < 4.78 is 13.7. The quantitative estimate of drug-likeness (QED) is 0.200. The molecule has 2 heterocycles. The van der Waals surface area contributed by atoms with Crippen molar-refractivity contribution in [3.05, 3.63) is 163 Å². The second-order valence-corrected chi connectivity index (χ2v) is 11.8. The molecule has 0 bridgehead atoms. The lowest BCUT2D eigenvalue weighted by Crippen LogP contribution is -1.96. The summed E-state index contributed by atoms with van der Waals surface area (Å²) in [6, 6.07) is 52.9. The van der Waals surface area contributed by atoms with Crippen LogP contribution in [0.5, 0.6) is 0 Å². The van der Waals surface area contributed by atoms with E-state index < -0.39 is 0 Å². The smallest absolute Gasteiger partial charge is 0.143 e. The molecule has 9 rings (SSSR count). The van der Waals surface area contributed by atoms with E-state index in [1.54, 1.807) is 0 Å². The lowest BCUT2D eigenvalue weighted by atomic mass is 9.86. The van der Waals surface area contributed by atoms with Gasteiger partial charge in [0.2, 0.25) is 0 Å². The van der Waals surface area contributed by atoms with Crippen LogP contribution in [0.2, 0.25) is 0 Å². The highest BCUT2D eigenvalue weighted by Gasteiger charge is 2.27. The molecule has 2 nitrogen and oxygen atoms in total. The Kier molecular flexibility index (Phi) is 6.21. The number of benzene rings is 5. The average Bonchev–Trinajstić information content (AvgIpc) is 3.71. The minimum absolute atomic E-state index is 0.877. The van der Waals surface area contributed by atoms with E-state index in [1.165, 1.54) is 11.1 Å². The molecular formula is C44H28O2. The fourth-order valence-corrected chi connectivity index (χ4v) is 6.93. The van der Waals surface area contributed by atoms with Crippen molar-refractivity contribution in [1.82, 2.24) is 0 Å². The molecule has 1 aliphatic carbocycles. The molecule has 216 valence electrons. The number of fused-ring (bicyclic) bond motifs is 4. The third kappa shape index (κ3) is 4.29. The van der Waals surface area contributed by atoms with Crippen LogP contribution >= 0.6 is 0 Å². The number of furan rings is 2. The lowest BCUT2D eigenvalue weighted by molar-refractivity contribution is 0.594. The summed E-state index contributed by atoms with van der Waals surface area (Å²) in [5.74, 6) is 1.79. The molecule has 0 amide bonds. The molecular weight excluding hydrogens is 560 g/mol. The molecule has 0 unspecified atom stereocenters. The van der Waals surface area contributed by atoms with Crippen LogP contribution < -0.4 is 0 Å². The van der Waals surface area contributed by atoms with Gasteiger partial charge < -0.3 is 8.83 Å². The van der Waals surface area contributed by atoms with Gasteiger partial charge in [-0.2, -0.15) is 0 Å². The highest BCUT2D eigenvalue weighted by molar-refractivity contribution is 6.11. The van der Waals surface area contributed by atoms with Crippen LogP contribution in [0.1, 0.15) is 17.5 Å². The molecule has 0 N–H and O–H groups in total. The molecule has 0 fully saturated rings. The molecule has 46 heavy (non-hydrogen) atoms. The van der Waals surface area contributed by atoms with Gasteiger partial charge in [0.25, 0.3) is 0 Å². The van der Waals surface area contributed by atoms with Crippen molar-refractivity contribution in [2.24, 2.45) is 0 Å². The van der Waals surface area contributed by atoms with Crippen molar-refractivity contribution in [1.29, 1.82) is 0 Å². The van der Waals surface area contributed by atoms with Crippen LogP contribution in [0.4, 0.5) is 0 Å². The molecule has 2 heteroatoms. The summed E-state index contributed by atoms with van der Waals surface area (Å²) in [6.07, 6.45) is 6.36. The van der Waals surface area contributed by atoms with E-state index in [9.17, 15) is 0 Å². The first-order valence-corrected chi connectivity index (χ1v) is 15.7. The minimum Gasteiger partial charge on any atom is -0.455 e. The highest BCUT2D eigenvalue weighted by atomic mass is 16.3. The SMILES string of the molecule is c1cccc(-c2cccc(-c3cccc4c3oc3ccccc34)c2-c2oc(-c3cccc(-c4ccccc4)c3)c3c2CCC=C3)c#1. The Bertz CT molecular complexity index is 2400. The van der Waals surface area contributed by atoms with Crippen molar-refractivity contribution in [3.8, 4) is 56.0 Å². The molecule has 0 atom stereocenters. The number of rotatable bonds is 5. The van der Waals surface area contributed by atoms with Gasteiger partial charge >= 0.3 is 0 Å². The third-order valence-corrected chi connectivity index (χ3v) is 9.05. The molecule has 0 saturated heterocycles. The maximum Gasteiger partial charge on any atom is 0.143 e. The normalized spacial score (nSPS) is 12.3. The van der Waals surface area contributed by atoms with Crippen LogP contribution in [0.3, 0.4) is 0 Å². The van der Waals surface area contributed by atoms with Crippen molar-refractivity contribution in [2.45, 2.75) is 12.8 Å². The van der Waals surface area contributed by atoms with E-state index in [0.717, 1.165) is 90.8 Å². The summed E-state index contributed by atoms with van der Waals surface area (Å²) in [5.41, 5.74) is 12.7. The van der Waals surface area contributed by atoms with Crippen molar-refractivity contribution >= 4 is 28.0 Å². The predicted octanol–water partition coefficient (Wildman–Crippen LogP) is 12.1. The molecule has 2 aromatic heterocycles. The van der Waals surface area contributed by atoms with Crippen LogP contribution in [-0.4, -0.2) is 0 Å². The van der Waals surface area contributed by atoms with E-state index in [1.807, 2.05) is 24.3 Å². The summed E-state index contributed by atoms with van der Waals surface area (Å²) >= 11 is 0. The zero-order valence-corrected chi connectivity index (χ0v) is 25.1. The van der Waals surface area contributed by atoms with E-state index in [2.05, 4.69) is 133 Å². The van der Waals surface area contributed by atoms with E-state index >= 15 is 0 Å². The largest absolute Gasteiger partial charge is 0.455 e. The Hall–Kier alpha value is -6.04. The van der Waals surface area contributed by atoms with Gasteiger partial charge in [0.1, 0.15) is 22.7 Å². The monoisotopic (exact) mass is 588 g/mol. The van der Waals surface area contributed by atoms with Crippen molar-refractivity contribution in [3.63, 3.8) is 0 Å². The summed E-state index contributed by atoms with van der Waals surface area (Å²) in [5, 5.41) is 2.22. The van der Waals surface area contributed by atoms with Gasteiger partial charge in [0.15, 0.2) is 0 Å². The van der Waals surface area contributed by atoms with E-state index in [0.29, 0.717) is 0 Å². The van der Waals surface area contributed by atoms with Gasteiger partial charge in [-0.3, -0.25) is 0 Å². The molecule has 0 aliphatic heterocycles. The first kappa shape index (κ1) is 26.4. The Labute approximate surface area is 267 Å². The number of hydrogen-bond acceptors (Lipinski definition) is 2. The summed E-state index contributed by atoms with van der Waals surface area (Å²) in [6.45, 7) is 0. The van der Waals surface area contributed by atoms with Gasteiger partial charge in [-0.05, 0) is 53.8 Å². The van der Waals surface area contributed by atoms with Gasteiger partial charge in [-0.1, -0.05) is 133 Å². The standard InChI is InChI=1S/C44H28O2/c1-3-14-29(15-4-1)31-18-11-19-32(28-31)42-38-21-7-8-22-39(38)44(46-42)41-33(30-16-5-2-6-17-30)23-12-24-35(41)37-26-13-25-36-34-20-9-10-27-40(34)45-43(36)37/h1-5,7,9-16,18-21,23-28H,8,22H2. The van der Waals surface area contributed by atoms with Crippen LogP contribution in [0.15, 0.2) is 148 Å². The summed E-state index contributed by atoms with van der Waals surface area (Å²) in [7, 11) is 0. The topological polar surface area (TPSA) is 26.3 Å². The second-order valence-electron chi connectivity index (χ2n) is 11.8. The molecule has 0 saturated carbocycles. The Balaban J connectivity index is 1.32. The van der Waals surface area contributed by atoms with Gasteiger partial charge in [-0.25, -0.2) is 0 Å². The predicted molar refractivity (Wildman–Crippen MR) is 188 cm³/mol. The van der Waals surface area contributed by atoms with Gasteiger partial charge in [0, 0.05) is 49.7 Å².